The fourth-order valence-electron chi connectivity index (χ4n) is 2.81. The van der Waals surface area contributed by atoms with E-state index in [-0.39, 0.29) is 18.2 Å². The van der Waals surface area contributed by atoms with Crippen LogP contribution in [0.2, 0.25) is 0 Å². The molecule has 2 fully saturated rings. The fraction of sp³-hybridized carbons (Fsp3) is 0.533. The Morgan fingerprint density at radius 3 is 2.65 bits per heavy atom. The van der Waals surface area contributed by atoms with Crippen LogP contribution in [0.4, 0.5) is 5.69 Å². The molecule has 1 aromatic rings. The predicted octanol–water partition coefficient (Wildman–Crippen LogP) is 1.34. The normalized spacial score (nSPS) is 19.7. The molecule has 124 valence electrons. The average molecular weight is 322 g/mol. The van der Waals surface area contributed by atoms with E-state index in [0.29, 0.717) is 44.9 Å². The van der Waals surface area contributed by atoms with E-state index in [2.05, 4.69) is 0 Å². The maximum Gasteiger partial charge on any atom is 0.273 e. The van der Waals surface area contributed by atoms with Gasteiger partial charge in [-0.25, -0.2) is 0 Å². The summed E-state index contributed by atoms with van der Waals surface area (Å²) in [6.45, 7) is 2.16. The first-order valence-corrected chi connectivity index (χ1v) is 7.51. The van der Waals surface area contributed by atoms with Gasteiger partial charge in [0, 0.05) is 32.0 Å². The summed E-state index contributed by atoms with van der Waals surface area (Å²) in [4.78, 5) is 24.1. The fourth-order valence-corrected chi connectivity index (χ4v) is 2.81. The highest BCUT2D eigenvalue weighted by atomic mass is 16.7. The van der Waals surface area contributed by atoms with Gasteiger partial charge in [-0.15, -0.1) is 0 Å². The Kier molecular flexibility index (Phi) is 4.44. The summed E-state index contributed by atoms with van der Waals surface area (Å²) >= 11 is 0. The number of piperidine rings is 1. The number of nitro benzene ring substituents is 1. The largest absolute Gasteiger partial charge is 0.484 e. The van der Waals surface area contributed by atoms with Gasteiger partial charge in [0.2, 0.25) is 0 Å². The molecule has 3 rings (SSSR count). The van der Waals surface area contributed by atoms with E-state index in [0.717, 1.165) is 0 Å². The molecule has 0 N–H and O–H groups in total. The highest BCUT2D eigenvalue weighted by molar-refractivity contribution is 5.77. The average Bonchev–Trinajstić information content (AvgIpc) is 3.01. The van der Waals surface area contributed by atoms with Gasteiger partial charge in [-0.3, -0.25) is 14.9 Å². The molecule has 0 saturated carbocycles. The summed E-state index contributed by atoms with van der Waals surface area (Å²) in [7, 11) is 0. The first-order chi connectivity index (χ1) is 11.1. The first-order valence-electron chi connectivity index (χ1n) is 7.51. The molecule has 2 aliphatic heterocycles. The molecule has 0 aliphatic carbocycles. The van der Waals surface area contributed by atoms with Gasteiger partial charge in [0.1, 0.15) is 5.75 Å². The Morgan fingerprint density at radius 1 is 1.30 bits per heavy atom. The van der Waals surface area contributed by atoms with Gasteiger partial charge in [-0.2, -0.15) is 0 Å². The Bertz CT molecular complexity index is 589. The molecule has 1 amide bonds. The SMILES string of the molecule is O=C(COc1cccc([N+](=O)[O-])c1)N1CCC2(CC1)OCCO2. The molecule has 23 heavy (non-hydrogen) atoms. The van der Waals surface area contributed by atoms with Crippen molar-refractivity contribution < 1.29 is 23.9 Å². The zero-order valence-electron chi connectivity index (χ0n) is 12.6. The van der Waals surface area contributed by atoms with Crippen molar-refractivity contribution in [3.63, 3.8) is 0 Å². The molecular weight excluding hydrogens is 304 g/mol. The van der Waals surface area contributed by atoms with Gasteiger partial charge < -0.3 is 19.1 Å². The minimum Gasteiger partial charge on any atom is -0.484 e. The number of carbonyl (C=O) groups is 1. The number of nitro groups is 1. The standard InChI is InChI=1S/C15H18N2O6/c18-14(11-21-13-3-1-2-12(10-13)17(19)20)16-6-4-15(5-7-16)22-8-9-23-15/h1-3,10H,4-9,11H2. The highest BCUT2D eigenvalue weighted by Gasteiger charge is 2.40. The molecule has 1 aromatic carbocycles. The van der Waals surface area contributed by atoms with Crippen molar-refractivity contribution in [1.82, 2.24) is 4.90 Å². The van der Waals surface area contributed by atoms with Gasteiger partial charge in [-0.1, -0.05) is 6.07 Å². The molecule has 8 nitrogen and oxygen atoms in total. The van der Waals surface area contributed by atoms with Crippen LogP contribution in [0.25, 0.3) is 0 Å². The molecule has 2 saturated heterocycles. The number of hydrogen-bond acceptors (Lipinski definition) is 6. The van der Waals surface area contributed by atoms with Crippen LogP contribution in [-0.4, -0.2) is 54.4 Å². The number of amides is 1. The Labute approximate surface area is 133 Å². The number of non-ortho nitro benzene ring substituents is 1. The molecule has 2 heterocycles. The molecule has 8 heteroatoms. The van der Waals surface area contributed by atoms with Gasteiger partial charge in [-0.05, 0) is 6.07 Å². The lowest BCUT2D eigenvalue weighted by Crippen LogP contribution is -2.48. The van der Waals surface area contributed by atoms with Crippen LogP contribution < -0.4 is 4.74 Å². The molecule has 0 radical (unpaired) electrons. The van der Waals surface area contributed by atoms with Gasteiger partial charge >= 0.3 is 0 Å². The number of benzene rings is 1. The smallest absolute Gasteiger partial charge is 0.273 e. The quantitative estimate of drug-likeness (QED) is 0.613. The van der Waals surface area contributed by atoms with Crippen molar-refractivity contribution >= 4 is 11.6 Å². The lowest BCUT2D eigenvalue weighted by atomic mass is 10.0. The molecule has 0 aromatic heterocycles. The number of hydrogen-bond donors (Lipinski definition) is 0. The summed E-state index contributed by atoms with van der Waals surface area (Å²) in [5.41, 5.74) is -0.0644. The third kappa shape index (κ3) is 3.59. The maximum absolute atomic E-state index is 12.2. The van der Waals surface area contributed by atoms with Crippen molar-refractivity contribution in [2.75, 3.05) is 32.9 Å². The molecule has 1 spiro atoms. The molecule has 2 aliphatic rings. The Hall–Kier alpha value is -2.19. The summed E-state index contributed by atoms with van der Waals surface area (Å²) < 4.78 is 16.6. The van der Waals surface area contributed by atoms with Crippen molar-refractivity contribution in [2.45, 2.75) is 18.6 Å². The Balaban J connectivity index is 1.50. The number of likely N-dealkylation sites (tertiary alicyclic amines) is 1. The topological polar surface area (TPSA) is 91.1 Å². The van der Waals surface area contributed by atoms with E-state index in [4.69, 9.17) is 14.2 Å². The zero-order valence-corrected chi connectivity index (χ0v) is 12.6. The second kappa shape index (κ2) is 6.51. The summed E-state index contributed by atoms with van der Waals surface area (Å²) in [6.07, 6.45) is 1.30. The maximum atomic E-state index is 12.2. The number of rotatable bonds is 4. The monoisotopic (exact) mass is 322 g/mol. The van der Waals surface area contributed by atoms with E-state index >= 15 is 0 Å². The first kappa shape index (κ1) is 15.7. The van der Waals surface area contributed by atoms with Crippen LogP contribution in [0.15, 0.2) is 24.3 Å². The molecule has 0 atom stereocenters. The van der Waals surface area contributed by atoms with E-state index < -0.39 is 10.7 Å². The van der Waals surface area contributed by atoms with Crippen LogP contribution in [0.3, 0.4) is 0 Å². The van der Waals surface area contributed by atoms with Crippen LogP contribution in [0.1, 0.15) is 12.8 Å². The van der Waals surface area contributed by atoms with E-state index in [9.17, 15) is 14.9 Å². The zero-order chi connectivity index (χ0) is 16.3. The summed E-state index contributed by atoms with van der Waals surface area (Å²) in [5.74, 6) is -0.356. The summed E-state index contributed by atoms with van der Waals surface area (Å²) in [5, 5.41) is 10.7. The minimum atomic E-state index is -0.516. The van der Waals surface area contributed by atoms with Gasteiger partial charge in [0.15, 0.2) is 12.4 Å². The van der Waals surface area contributed by atoms with Crippen molar-refractivity contribution in [2.24, 2.45) is 0 Å². The van der Waals surface area contributed by atoms with Crippen molar-refractivity contribution in [3.8, 4) is 5.75 Å². The van der Waals surface area contributed by atoms with Crippen molar-refractivity contribution in [3.05, 3.63) is 34.4 Å². The van der Waals surface area contributed by atoms with E-state index in [1.807, 2.05) is 0 Å². The molecular formula is C15H18N2O6. The third-order valence-corrected chi connectivity index (χ3v) is 4.08. The van der Waals surface area contributed by atoms with E-state index in [1.54, 1.807) is 11.0 Å². The highest BCUT2D eigenvalue weighted by Crippen LogP contribution is 2.31. The van der Waals surface area contributed by atoms with Gasteiger partial charge in [0.05, 0.1) is 24.2 Å². The predicted molar refractivity (Wildman–Crippen MR) is 79.0 cm³/mol. The lowest BCUT2D eigenvalue weighted by molar-refractivity contribution is -0.384. The van der Waals surface area contributed by atoms with Crippen LogP contribution in [0.5, 0.6) is 5.75 Å². The van der Waals surface area contributed by atoms with Crippen LogP contribution >= 0.6 is 0 Å². The summed E-state index contributed by atoms with van der Waals surface area (Å²) in [6, 6.07) is 5.79. The van der Waals surface area contributed by atoms with Crippen LogP contribution in [-0.2, 0) is 14.3 Å². The number of nitrogens with zero attached hydrogens (tertiary/aromatic N) is 2. The molecule has 0 unspecified atom stereocenters. The second-order valence-electron chi connectivity index (χ2n) is 5.53. The number of carbonyl (C=O) groups excluding carboxylic acids is 1. The van der Waals surface area contributed by atoms with Gasteiger partial charge in [0.25, 0.3) is 11.6 Å². The second-order valence-corrected chi connectivity index (χ2v) is 5.53. The molecule has 0 bridgehead atoms. The Morgan fingerprint density at radius 2 is 2.00 bits per heavy atom. The number of ether oxygens (including phenoxy) is 3. The van der Waals surface area contributed by atoms with E-state index in [1.165, 1.54) is 18.2 Å². The third-order valence-electron chi connectivity index (χ3n) is 4.08. The van der Waals surface area contributed by atoms with Crippen LogP contribution in [0, 0.1) is 10.1 Å². The minimum absolute atomic E-state index is 0.0644. The van der Waals surface area contributed by atoms with Crippen molar-refractivity contribution in [1.29, 1.82) is 0 Å². The lowest BCUT2D eigenvalue weighted by Gasteiger charge is -2.37.